The van der Waals surface area contributed by atoms with E-state index >= 15 is 0 Å². The summed E-state index contributed by atoms with van der Waals surface area (Å²) >= 11 is 3.23. The molecule has 17 heavy (non-hydrogen) atoms. The average molecular weight is 298 g/mol. The number of hydrogen-bond donors (Lipinski definition) is 2. The highest BCUT2D eigenvalue weighted by atomic mass is 79.9. The number of benzene rings is 1. The molecule has 90 valence electrons. The van der Waals surface area contributed by atoms with Gasteiger partial charge in [0.15, 0.2) is 0 Å². The zero-order valence-corrected chi connectivity index (χ0v) is 11.2. The van der Waals surface area contributed by atoms with Crippen LogP contribution in [0.15, 0.2) is 22.7 Å². The third kappa shape index (κ3) is 2.66. The molecule has 0 aliphatic carbocycles. The first kappa shape index (κ1) is 12.1. The Morgan fingerprint density at radius 3 is 2.76 bits per heavy atom. The molecule has 3 nitrogen and oxygen atoms in total. The first-order valence-electron chi connectivity index (χ1n) is 5.27. The van der Waals surface area contributed by atoms with E-state index in [1.54, 1.807) is 6.07 Å². The Balaban J connectivity index is 2.13. The van der Waals surface area contributed by atoms with Crippen molar-refractivity contribution >= 4 is 21.6 Å². The number of halogens is 2. The lowest BCUT2D eigenvalue weighted by Crippen LogP contribution is -2.03. The minimum atomic E-state index is -0.217. The van der Waals surface area contributed by atoms with Crippen molar-refractivity contribution in [3.8, 4) is 0 Å². The molecule has 5 heteroatoms. The predicted molar refractivity (Wildman–Crippen MR) is 69.5 cm³/mol. The van der Waals surface area contributed by atoms with Gasteiger partial charge in [0.1, 0.15) is 5.82 Å². The maximum Gasteiger partial charge on any atom is 0.129 e. The normalized spacial score (nSPS) is 10.6. The Hall–Kier alpha value is -1.36. The highest BCUT2D eigenvalue weighted by molar-refractivity contribution is 9.10. The fourth-order valence-electron chi connectivity index (χ4n) is 1.66. The van der Waals surface area contributed by atoms with Gasteiger partial charge < -0.3 is 5.32 Å². The molecule has 0 saturated heterocycles. The number of anilines is 1. The summed E-state index contributed by atoms with van der Waals surface area (Å²) in [5.41, 5.74) is 3.42. The second-order valence-corrected chi connectivity index (χ2v) is 4.81. The SMILES string of the molecule is Cc1n[nH]c(C)c1NCc1ccc(Br)cc1F. The molecule has 0 atom stereocenters. The van der Waals surface area contributed by atoms with Crippen LogP contribution in [0.3, 0.4) is 0 Å². The molecule has 0 aliphatic heterocycles. The molecule has 2 rings (SSSR count). The lowest BCUT2D eigenvalue weighted by molar-refractivity contribution is 0.612. The monoisotopic (exact) mass is 297 g/mol. The van der Waals surface area contributed by atoms with Gasteiger partial charge in [-0.1, -0.05) is 22.0 Å². The predicted octanol–water partition coefficient (Wildman–Crippen LogP) is 3.54. The van der Waals surface area contributed by atoms with Gasteiger partial charge in [0.2, 0.25) is 0 Å². The van der Waals surface area contributed by atoms with E-state index in [0.29, 0.717) is 12.1 Å². The van der Waals surface area contributed by atoms with Gasteiger partial charge in [0.25, 0.3) is 0 Å². The molecule has 0 saturated carbocycles. The molecule has 0 amide bonds. The van der Waals surface area contributed by atoms with E-state index in [4.69, 9.17) is 0 Å². The van der Waals surface area contributed by atoms with Crippen molar-refractivity contribution in [2.75, 3.05) is 5.32 Å². The van der Waals surface area contributed by atoms with Crippen LogP contribution in [-0.4, -0.2) is 10.2 Å². The summed E-state index contributed by atoms with van der Waals surface area (Å²) in [4.78, 5) is 0. The molecule has 2 aromatic rings. The van der Waals surface area contributed by atoms with Crippen molar-refractivity contribution in [2.24, 2.45) is 0 Å². The van der Waals surface area contributed by atoms with Gasteiger partial charge in [-0.3, -0.25) is 5.10 Å². The summed E-state index contributed by atoms with van der Waals surface area (Å²) < 4.78 is 14.3. The van der Waals surface area contributed by atoms with E-state index in [9.17, 15) is 4.39 Å². The maximum absolute atomic E-state index is 13.6. The van der Waals surface area contributed by atoms with Gasteiger partial charge in [-0.05, 0) is 26.0 Å². The van der Waals surface area contributed by atoms with Crippen LogP contribution >= 0.6 is 15.9 Å². The molecular weight excluding hydrogens is 285 g/mol. The number of hydrogen-bond acceptors (Lipinski definition) is 2. The molecule has 0 aliphatic rings. The number of rotatable bonds is 3. The van der Waals surface area contributed by atoms with Crippen LogP contribution in [0.5, 0.6) is 0 Å². The second kappa shape index (κ2) is 4.87. The minimum absolute atomic E-state index is 0.217. The highest BCUT2D eigenvalue weighted by Crippen LogP contribution is 2.19. The van der Waals surface area contributed by atoms with Gasteiger partial charge in [-0.25, -0.2) is 4.39 Å². The van der Waals surface area contributed by atoms with E-state index in [0.717, 1.165) is 21.5 Å². The van der Waals surface area contributed by atoms with E-state index in [1.165, 1.54) is 6.07 Å². The molecule has 2 N–H and O–H groups in total. The zero-order valence-electron chi connectivity index (χ0n) is 9.64. The number of aryl methyl sites for hydroxylation is 2. The van der Waals surface area contributed by atoms with Crippen molar-refractivity contribution < 1.29 is 4.39 Å². The van der Waals surface area contributed by atoms with Crippen molar-refractivity contribution in [1.29, 1.82) is 0 Å². The summed E-state index contributed by atoms with van der Waals surface area (Å²) in [5, 5.41) is 10.1. The Bertz CT molecular complexity index is 517. The topological polar surface area (TPSA) is 40.7 Å². The quantitative estimate of drug-likeness (QED) is 0.910. The van der Waals surface area contributed by atoms with Crippen LogP contribution in [0.2, 0.25) is 0 Å². The average Bonchev–Trinajstić information content (AvgIpc) is 2.58. The summed E-state index contributed by atoms with van der Waals surface area (Å²) in [7, 11) is 0. The van der Waals surface area contributed by atoms with Crippen molar-refractivity contribution in [1.82, 2.24) is 10.2 Å². The molecule has 0 unspecified atom stereocenters. The number of aromatic amines is 1. The van der Waals surface area contributed by atoms with Crippen molar-refractivity contribution in [3.63, 3.8) is 0 Å². The second-order valence-electron chi connectivity index (χ2n) is 3.90. The summed E-state index contributed by atoms with van der Waals surface area (Å²) in [6.07, 6.45) is 0. The van der Waals surface area contributed by atoms with Crippen molar-refractivity contribution in [2.45, 2.75) is 20.4 Å². The Labute approximate surface area is 108 Å². The molecule has 0 radical (unpaired) electrons. The molecule has 0 spiro atoms. The fraction of sp³-hybridized carbons (Fsp3) is 0.250. The van der Waals surface area contributed by atoms with Gasteiger partial charge in [-0.15, -0.1) is 0 Å². The number of nitrogens with zero attached hydrogens (tertiary/aromatic N) is 1. The Morgan fingerprint density at radius 1 is 1.41 bits per heavy atom. The van der Waals surface area contributed by atoms with Gasteiger partial charge in [-0.2, -0.15) is 5.10 Å². The van der Waals surface area contributed by atoms with Gasteiger partial charge in [0.05, 0.1) is 17.1 Å². The summed E-state index contributed by atoms with van der Waals surface area (Å²) in [5.74, 6) is -0.217. The van der Waals surface area contributed by atoms with E-state index < -0.39 is 0 Å². The molecule has 1 heterocycles. The molecule has 1 aromatic carbocycles. The van der Waals surface area contributed by atoms with Gasteiger partial charge >= 0.3 is 0 Å². The Morgan fingerprint density at radius 2 is 2.18 bits per heavy atom. The first-order valence-corrected chi connectivity index (χ1v) is 6.06. The highest BCUT2D eigenvalue weighted by Gasteiger charge is 2.07. The first-order chi connectivity index (χ1) is 8.08. The largest absolute Gasteiger partial charge is 0.378 e. The van der Waals surface area contributed by atoms with E-state index in [-0.39, 0.29) is 5.82 Å². The molecule has 0 bridgehead atoms. The smallest absolute Gasteiger partial charge is 0.129 e. The minimum Gasteiger partial charge on any atom is -0.378 e. The lowest BCUT2D eigenvalue weighted by Gasteiger charge is -2.07. The van der Waals surface area contributed by atoms with E-state index in [1.807, 2.05) is 19.9 Å². The molecule has 0 fully saturated rings. The third-order valence-corrected chi connectivity index (χ3v) is 3.09. The van der Waals surface area contributed by atoms with Gasteiger partial charge in [0, 0.05) is 16.6 Å². The zero-order chi connectivity index (χ0) is 12.4. The standard InChI is InChI=1S/C12H13BrFN3/c1-7-12(8(2)17-16-7)15-6-9-3-4-10(13)5-11(9)14/h3-5,15H,6H2,1-2H3,(H,16,17). The van der Waals surface area contributed by atoms with Crippen LogP contribution in [-0.2, 0) is 6.54 Å². The molecular formula is C12H13BrFN3. The lowest BCUT2D eigenvalue weighted by atomic mass is 10.2. The maximum atomic E-state index is 13.6. The third-order valence-electron chi connectivity index (χ3n) is 2.60. The Kier molecular flexibility index (Phi) is 3.47. The van der Waals surface area contributed by atoms with Crippen molar-refractivity contribution in [3.05, 3.63) is 45.4 Å². The molecule has 1 aromatic heterocycles. The number of aromatic nitrogens is 2. The number of H-pyrrole nitrogens is 1. The fourth-order valence-corrected chi connectivity index (χ4v) is 1.99. The van der Waals surface area contributed by atoms with Crippen LogP contribution in [0.25, 0.3) is 0 Å². The van der Waals surface area contributed by atoms with Crippen LogP contribution in [0, 0.1) is 19.7 Å². The summed E-state index contributed by atoms with van der Waals surface area (Å²) in [6, 6.07) is 5.05. The van der Waals surface area contributed by atoms with Crippen LogP contribution in [0.1, 0.15) is 17.0 Å². The summed E-state index contributed by atoms with van der Waals surface area (Å²) in [6.45, 7) is 4.28. The van der Waals surface area contributed by atoms with Crippen LogP contribution < -0.4 is 5.32 Å². The van der Waals surface area contributed by atoms with Crippen LogP contribution in [0.4, 0.5) is 10.1 Å². The number of nitrogens with one attached hydrogen (secondary N) is 2. The van der Waals surface area contributed by atoms with E-state index in [2.05, 4.69) is 31.4 Å².